The minimum atomic E-state index is -0.585. The summed E-state index contributed by atoms with van der Waals surface area (Å²) >= 11 is 7.11. The fraction of sp³-hybridized carbons (Fsp3) is 0.148. The molecule has 0 atom stereocenters. The zero-order valence-electron chi connectivity index (χ0n) is 19.6. The number of thioether (sulfide) groups is 1. The molecule has 1 heterocycles. The third kappa shape index (κ3) is 5.40. The number of nitrogens with zero attached hydrogens (tertiary/aromatic N) is 1. The van der Waals surface area contributed by atoms with Crippen molar-refractivity contribution in [2.24, 2.45) is 0 Å². The zero-order chi connectivity index (χ0) is 25.8. The summed E-state index contributed by atoms with van der Waals surface area (Å²) in [5, 5.41) is 13.8. The van der Waals surface area contributed by atoms with Crippen LogP contribution in [0.4, 0.5) is 11.4 Å². The standard InChI is InChI=1S/C27H23ClN2O5S/c1-3-14-35-27(34)17-5-9-19(10-6-17)30-25(32)23(29-21-15-16(2)4-13-22(21)31)24(26(30)33)36-20-11-7-18(28)8-12-20/h4-13,15,29,31H,3,14H2,1-2H3. The number of aryl methyl sites for hydroxylation is 1. The predicted molar refractivity (Wildman–Crippen MR) is 140 cm³/mol. The largest absolute Gasteiger partial charge is 0.506 e. The predicted octanol–water partition coefficient (Wildman–Crippen LogP) is 5.91. The number of imide groups is 1. The molecule has 0 aromatic heterocycles. The van der Waals surface area contributed by atoms with E-state index in [1.165, 1.54) is 30.3 Å². The first-order valence-corrected chi connectivity index (χ1v) is 12.4. The molecule has 36 heavy (non-hydrogen) atoms. The molecule has 0 aliphatic carbocycles. The van der Waals surface area contributed by atoms with E-state index in [-0.39, 0.29) is 16.4 Å². The van der Waals surface area contributed by atoms with Crippen molar-refractivity contribution in [1.82, 2.24) is 0 Å². The van der Waals surface area contributed by atoms with E-state index in [1.807, 2.05) is 13.8 Å². The molecular weight excluding hydrogens is 500 g/mol. The SMILES string of the molecule is CCCOC(=O)c1ccc(N2C(=O)C(Nc3cc(C)ccc3O)=C(Sc3ccc(Cl)cc3)C2=O)cc1. The van der Waals surface area contributed by atoms with E-state index in [9.17, 15) is 19.5 Å². The van der Waals surface area contributed by atoms with Gasteiger partial charge >= 0.3 is 5.97 Å². The van der Waals surface area contributed by atoms with Crippen LogP contribution in [0.3, 0.4) is 0 Å². The Kier molecular flexibility index (Phi) is 7.67. The van der Waals surface area contributed by atoms with E-state index in [0.29, 0.717) is 39.9 Å². The molecule has 0 bridgehead atoms. The van der Waals surface area contributed by atoms with Crippen LogP contribution in [-0.4, -0.2) is 29.5 Å². The van der Waals surface area contributed by atoms with Gasteiger partial charge < -0.3 is 15.2 Å². The van der Waals surface area contributed by atoms with Crippen molar-refractivity contribution in [1.29, 1.82) is 0 Å². The van der Waals surface area contributed by atoms with E-state index >= 15 is 0 Å². The molecule has 3 aromatic carbocycles. The molecule has 1 aliphatic rings. The number of hydrogen-bond acceptors (Lipinski definition) is 7. The van der Waals surface area contributed by atoms with Gasteiger partial charge in [-0.2, -0.15) is 0 Å². The molecule has 0 fully saturated rings. The highest BCUT2D eigenvalue weighted by Crippen LogP contribution is 2.39. The molecule has 0 spiro atoms. The molecule has 7 nitrogen and oxygen atoms in total. The molecule has 0 unspecified atom stereocenters. The normalized spacial score (nSPS) is 13.4. The Morgan fingerprint density at radius 1 is 1.03 bits per heavy atom. The Morgan fingerprint density at radius 3 is 2.39 bits per heavy atom. The first-order chi connectivity index (χ1) is 17.3. The number of anilines is 2. The fourth-order valence-corrected chi connectivity index (χ4v) is 4.53. The zero-order valence-corrected chi connectivity index (χ0v) is 21.2. The summed E-state index contributed by atoms with van der Waals surface area (Å²) in [4.78, 5) is 41.1. The molecule has 3 aromatic rings. The van der Waals surface area contributed by atoms with Crippen molar-refractivity contribution in [3.63, 3.8) is 0 Å². The van der Waals surface area contributed by atoms with Crippen LogP contribution in [0.15, 0.2) is 82.2 Å². The number of aromatic hydroxyl groups is 1. The minimum Gasteiger partial charge on any atom is -0.506 e. The molecule has 184 valence electrons. The van der Waals surface area contributed by atoms with Gasteiger partial charge in [-0.15, -0.1) is 0 Å². The number of nitrogens with one attached hydrogen (secondary N) is 1. The Bertz CT molecular complexity index is 1350. The molecule has 0 saturated carbocycles. The molecule has 2 N–H and O–H groups in total. The summed E-state index contributed by atoms with van der Waals surface area (Å²) in [6, 6.07) is 17.9. The second-order valence-corrected chi connectivity index (χ2v) is 9.55. The highest BCUT2D eigenvalue weighted by atomic mass is 35.5. The van der Waals surface area contributed by atoms with Crippen LogP contribution >= 0.6 is 23.4 Å². The van der Waals surface area contributed by atoms with Gasteiger partial charge in [0.25, 0.3) is 11.8 Å². The Labute approximate surface area is 217 Å². The topological polar surface area (TPSA) is 95.9 Å². The van der Waals surface area contributed by atoms with Crippen LogP contribution in [0.5, 0.6) is 5.75 Å². The van der Waals surface area contributed by atoms with Gasteiger partial charge in [0.05, 0.1) is 23.5 Å². The lowest BCUT2D eigenvalue weighted by molar-refractivity contribution is -0.120. The van der Waals surface area contributed by atoms with E-state index < -0.39 is 17.8 Å². The third-order valence-corrected chi connectivity index (χ3v) is 6.63. The number of ether oxygens (including phenoxy) is 1. The van der Waals surface area contributed by atoms with Crippen molar-refractivity contribution in [2.75, 3.05) is 16.8 Å². The highest BCUT2D eigenvalue weighted by Gasteiger charge is 2.40. The molecule has 0 radical (unpaired) electrons. The minimum absolute atomic E-state index is 0.0345. The number of halogens is 1. The summed E-state index contributed by atoms with van der Waals surface area (Å²) in [6.45, 7) is 4.05. The van der Waals surface area contributed by atoms with Crippen molar-refractivity contribution in [3.05, 3.63) is 93.5 Å². The maximum Gasteiger partial charge on any atom is 0.338 e. The van der Waals surface area contributed by atoms with Gasteiger partial charge in [-0.05, 0) is 79.6 Å². The first-order valence-electron chi connectivity index (χ1n) is 11.2. The number of carbonyl (C=O) groups is 3. The number of benzene rings is 3. The molecule has 9 heteroatoms. The van der Waals surface area contributed by atoms with E-state index in [1.54, 1.807) is 36.4 Å². The van der Waals surface area contributed by atoms with Crippen LogP contribution in [0.2, 0.25) is 5.02 Å². The second-order valence-electron chi connectivity index (χ2n) is 8.03. The number of esters is 1. The average Bonchev–Trinajstić information content (AvgIpc) is 3.10. The number of carbonyl (C=O) groups excluding carboxylic acids is 3. The number of hydrogen-bond donors (Lipinski definition) is 2. The van der Waals surface area contributed by atoms with Gasteiger partial charge in [-0.1, -0.05) is 36.4 Å². The lowest BCUT2D eigenvalue weighted by Crippen LogP contribution is -2.32. The Morgan fingerprint density at radius 2 is 1.72 bits per heavy atom. The summed E-state index contributed by atoms with van der Waals surface area (Å²) in [7, 11) is 0. The summed E-state index contributed by atoms with van der Waals surface area (Å²) in [5.74, 6) is -1.65. The van der Waals surface area contributed by atoms with Crippen LogP contribution < -0.4 is 10.2 Å². The maximum atomic E-state index is 13.5. The van der Waals surface area contributed by atoms with Crippen molar-refractivity contribution in [3.8, 4) is 5.75 Å². The summed E-state index contributed by atoms with van der Waals surface area (Å²) in [6.07, 6.45) is 0.701. The average molecular weight is 523 g/mol. The fourth-order valence-electron chi connectivity index (χ4n) is 3.48. The molecular formula is C27H23ClN2O5S. The van der Waals surface area contributed by atoms with Gasteiger partial charge in [0.2, 0.25) is 0 Å². The van der Waals surface area contributed by atoms with E-state index in [2.05, 4.69) is 5.32 Å². The maximum absolute atomic E-state index is 13.5. The van der Waals surface area contributed by atoms with Gasteiger partial charge in [0, 0.05) is 9.92 Å². The number of phenolic OH excluding ortho intramolecular Hbond substituents is 1. The van der Waals surface area contributed by atoms with Gasteiger partial charge in [-0.25, -0.2) is 9.69 Å². The van der Waals surface area contributed by atoms with Gasteiger partial charge in [0.15, 0.2) is 0 Å². The Balaban J connectivity index is 1.68. The summed E-state index contributed by atoms with van der Waals surface area (Å²) in [5.41, 5.74) is 1.82. The van der Waals surface area contributed by atoms with Crippen LogP contribution in [0, 0.1) is 6.92 Å². The molecule has 4 rings (SSSR count). The third-order valence-electron chi connectivity index (χ3n) is 5.29. The lowest BCUT2D eigenvalue weighted by Gasteiger charge is -2.16. The smallest absolute Gasteiger partial charge is 0.338 e. The second kappa shape index (κ2) is 10.9. The van der Waals surface area contributed by atoms with E-state index in [4.69, 9.17) is 16.3 Å². The lowest BCUT2D eigenvalue weighted by atomic mass is 10.2. The van der Waals surface area contributed by atoms with Crippen molar-refractivity contribution >= 4 is 52.5 Å². The summed E-state index contributed by atoms with van der Waals surface area (Å²) < 4.78 is 5.14. The number of amides is 2. The highest BCUT2D eigenvalue weighted by molar-refractivity contribution is 8.04. The van der Waals surface area contributed by atoms with E-state index in [0.717, 1.165) is 22.2 Å². The quantitative estimate of drug-likeness (QED) is 0.216. The monoisotopic (exact) mass is 522 g/mol. The molecule has 2 amide bonds. The Hall–Kier alpha value is -3.75. The van der Waals surface area contributed by atoms with Crippen molar-refractivity contribution < 1.29 is 24.2 Å². The molecule has 0 saturated heterocycles. The van der Waals surface area contributed by atoms with Crippen LogP contribution in [0.1, 0.15) is 29.3 Å². The van der Waals surface area contributed by atoms with Crippen LogP contribution in [0.25, 0.3) is 0 Å². The number of rotatable bonds is 8. The van der Waals surface area contributed by atoms with Gasteiger partial charge in [0.1, 0.15) is 16.4 Å². The van der Waals surface area contributed by atoms with Crippen LogP contribution in [-0.2, 0) is 14.3 Å². The molecule has 1 aliphatic heterocycles. The number of phenols is 1. The first kappa shape index (κ1) is 25.3. The van der Waals surface area contributed by atoms with Gasteiger partial charge in [-0.3, -0.25) is 9.59 Å². The van der Waals surface area contributed by atoms with Crippen molar-refractivity contribution in [2.45, 2.75) is 25.2 Å².